The van der Waals surface area contributed by atoms with Crippen LogP contribution in [0.15, 0.2) is 85.5 Å². The van der Waals surface area contributed by atoms with Gasteiger partial charge in [0.15, 0.2) is 0 Å². The van der Waals surface area contributed by atoms with Gasteiger partial charge in [-0.25, -0.2) is 0 Å². The van der Waals surface area contributed by atoms with Crippen LogP contribution in [-0.4, -0.2) is 22.4 Å². The predicted octanol–water partition coefficient (Wildman–Crippen LogP) is 4.44. The summed E-state index contributed by atoms with van der Waals surface area (Å²) in [5.74, 6) is 0.402. The summed E-state index contributed by atoms with van der Waals surface area (Å²) in [5.41, 5.74) is 4.59. The molecule has 1 atom stereocenters. The van der Waals surface area contributed by atoms with Crippen LogP contribution in [0.4, 0.5) is 5.69 Å². The number of anilines is 1. The minimum atomic E-state index is 0.181. The van der Waals surface area contributed by atoms with E-state index in [1.807, 2.05) is 41.6 Å². The SMILES string of the molecule is O=C1CC(c2ccc(CNCc3cccnc3)cc2)CN1c1ccc2cnccc2c1. The molecule has 1 aliphatic rings. The number of nitrogens with zero attached hydrogens (tertiary/aromatic N) is 3. The standard InChI is InChI=1S/C26H24N4O/c31-26-13-24(18-30(26)25-8-7-23-17-28-11-9-22(23)12-25)21-5-3-19(4-6-21)14-29-16-20-2-1-10-27-15-20/h1-12,15,17,24,29H,13-14,16,18H2. The third-order valence-electron chi connectivity index (χ3n) is 5.89. The highest BCUT2D eigenvalue weighted by Gasteiger charge is 2.31. The van der Waals surface area contributed by atoms with Crippen LogP contribution in [0.1, 0.15) is 29.0 Å². The second kappa shape index (κ2) is 8.66. The van der Waals surface area contributed by atoms with Crippen LogP contribution < -0.4 is 10.2 Å². The number of benzene rings is 2. The molecule has 1 fully saturated rings. The Balaban J connectivity index is 1.23. The van der Waals surface area contributed by atoms with Gasteiger partial charge >= 0.3 is 0 Å². The van der Waals surface area contributed by atoms with Crippen LogP contribution in [0.3, 0.4) is 0 Å². The number of pyridine rings is 2. The van der Waals surface area contributed by atoms with Gasteiger partial charge < -0.3 is 10.2 Å². The van der Waals surface area contributed by atoms with Crippen LogP contribution >= 0.6 is 0 Å². The molecular formula is C26H24N4O. The summed E-state index contributed by atoms with van der Waals surface area (Å²) in [7, 11) is 0. The maximum atomic E-state index is 12.7. The molecule has 0 radical (unpaired) electrons. The molecule has 4 aromatic rings. The van der Waals surface area contributed by atoms with Crippen molar-refractivity contribution >= 4 is 22.4 Å². The predicted molar refractivity (Wildman–Crippen MR) is 123 cm³/mol. The van der Waals surface area contributed by atoms with Gasteiger partial charge in [0.2, 0.25) is 5.91 Å². The number of nitrogens with one attached hydrogen (secondary N) is 1. The number of carbonyl (C=O) groups is 1. The lowest BCUT2D eigenvalue weighted by Gasteiger charge is -2.18. The molecule has 5 rings (SSSR count). The van der Waals surface area contributed by atoms with Gasteiger partial charge in [-0.2, -0.15) is 0 Å². The van der Waals surface area contributed by atoms with Crippen LogP contribution in [0.25, 0.3) is 10.8 Å². The fraction of sp³-hybridized carbons (Fsp3) is 0.192. The molecule has 5 nitrogen and oxygen atoms in total. The van der Waals surface area contributed by atoms with E-state index in [1.165, 1.54) is 16.7 Å². The molecule has 5 heteroatoms. The van der Waals surface area contributed by atoms with Crippen molar-refractivity contribution in [3.8, 4) is 0 Å². The highest BCUT2D eigenvalue weighted by atomic mass is 16.2. The first-order chi connectivity index (χ1) is 15.3. The normalized spacial score (nSPS) is 16.2. The Kier molecular flexibility index (Phi) is 5.42. The van der Waals surface area contributed by atoms with Gasteiger partial charge in [-0.05, 0) is 46.3 Å². The van der Waals surface area contributed by atoms with Crippen LogP contribution in [0.5, 0.6) is 0 Å². The Morgan fingerprint density at radius 2 is 1.71 bits per heavy atom. The van der Waals surface area contributed by atoms with Gasteiger partial charge in [0.25, 0.3) is 0 Å². The summed E-state index contributed by atoms with van der Waals surface area (Å²) in [4.78, 5) is 22.9. The average Bonchev–Trinajstić information content (AvgIpc) is 3.21. The van der Waals surface area contributed by atoms with E-state index in [-0.39, 0.29) is 11.8 Å². The Hall–Kier alpha value is -3.57. The molecule has 1 N–H and O–H groups in total. The van der Waals surface area contributed by atoms with Crippen molar-refractivity contribution in [2.24, 2.45) is 0 Å². The lowest BCUT2D eigenvalue weighted by Crippen LogP contribution is -2.24. The van der Waals surface area contributed by atoms with Crippen molar-refractivity contribution in [3.63, 3.8) is 0 Å². The molecule has 3 heterocycles. The number of carbonyl (C=O) groups excluding carboxylic acids is 1. The first kappa shape index (κ1) is 19.4. The maximum absolute atomic E-state index is 12.7. The van der Waals surface area contributed by atoms with Crippen LogP contribution in [-0.2, 0) is 17.9 Å². The van der Waals surface area contributed by atoms with E-state index in [9.17, 15) is 4.79 Å². The molecular weight excluding hydrogens is 384 g/mol. The topological polar surface area (TPSA) is 58.1 Å². The quantitative estimate of drug-likeness (QED) is 0.512. The van der Waals surface area contributed by atoms with Gasteiger partial charge in [0.05, 0.1) is 0 Å². The lowest BCUT2D eigenvalue weighted by molar-refractivity contribution is -0.117. The highest BCUT2D eigenvalue weighted by Crippen LogP contribution is 2.33. The van der Waals surface area contributed by atoms with Crippen molar-refractivity contribution < 1.29 is 4.79 Å². The number of hydrogen-bond donors (Lipinski definition) is 1. The molecule has 1 unspecified atom stereocenters. The second-order valence-corrected chi connectivity index (χ2v) is 8.02. The van der Waals surface area contributed by atoms with Crippen molar-refractivity contribution in [1.29, 1.82) is 0 Å². The Morgan fingerprint density at radius 3 is 2.55 bits per heavy atom. The average molecular weight is 409 g/mol. The van der Waals surface area contributed by atoms with E-state index < -0.39 is 0 Å². The Labute approximate surface area is 181 Å². The third kappa shape index (κ3) is 4.32. The van der Waals surface area contributed by atoms with Gasteiger partial charge in [-0.3, -0.25) is 14.8 Å². The van der Waals surface area contributed by atoms with Gasteiger partial charge in [-0.15, -0.1) is 0 Å². The number of aromatic nitrogens is 2. The molecule has 0 spiro atoms. The molecule has 31 heavy (non-hydrogen) atoms. The van der Waals surface area contributed by atoms with E-state index in [0.29, 0.717) is 13.0 Å². The lowest BCUT2D eigenvalue weighted by atomic mass is 9.97. The fourth-order valence-electron chi connectivity index (χ4n) is 4.18. The van der Waals surface area contributed by atoms with Crippen molar-refractivity contribution in [1.82, 2.24) is 15.3 Å². The first-order valence-electron chi connectivity index (χ1n) is 10.6. The summed E-state index contributed by atoms with van der Waals surface area (Å²) in [6.45, 7) is 2.31. The zero-order valence-corrected chi connectivity index (χ0v) is 17.2. The van der Waals surface area contributed by atoms with Crippen molar-refractivity contribution in [2.45, 2.75) is 25.4 Å². The summed E-state index contributed by atoms with van der Waals surface area (Å²) in [5, 5.41) is 5.64. The summed E-state index contributed by atoms with van der Waals surface area (Å²) in [6, 6.07) is 20.8. The van der Waals surface area contributed by atoms with Gasteiger partial charge in [-0.1, -0.05) is 36.4 Å². The minimum absolute atomic E-state index is 0.181. The Bertz CT molecular complexity index is 1190. The van der Waals surface area contributed by atoms with Gasteiger partial charge in [0.1, 0.15) is 0 Å². The van der Waals surface area contributed by atoms with Crippen molar-refractivity contribution in [3.05, 3.63) is 102 Å². The van der Waals surface area contributed by atoms with Crippen LogP contribution in [0, 0.1) is 0 Å². The largest absolute Gasteiger partial charge is 0.312 e. The first-order valence-corrected chi connectivity index (χ1v) is 10.6. The Morgan fingerprint density at radius 1 is 0.871 bits per heavy atom. The minimum Gasteiger partial charge on any atom is -0.312 e. The molecule has 0 aliphatic carbocycles. The van der Waals surface area contributed by atoms with E-state index in [4.69, 9.17) is 0 Å². The zero-order chi connectivity index (χ0) is 21.0. The van der Waals surface area contributed by atoms with E-state index >= 15 is 0 Å². The molecule has 0 bridgehead atoms. The number of fused-ring (bicyclic) bond motifs is 1. The van der Waals surface area contributed by atoms with Crippen LogP contribution in [0.2, 0.25) is 0 Å². The smallest absolute Gasteiger partial charge is 0.227 e. The number of hydrogen-bond acceptors (Lipinski definition) is 4. The van der Waals surface area contributed by atoms with E-state index in [0.717, 1.165) is 29.5 Å². The molecule has 2 aromatic carbocycles. The molecule has 154 valence electrons. The summed E-state index contributed by atoms with van der Waals surface area (Å²) in [6.07, 6.45) is 7.85. The molecule has 1 amide bonds. The van der Waals surface area contributed by atoms with Crippen molar-refractivity contribution in [2.75, 3.05) is 11.4 Å². The third-order valence-corrected chi connectivity index (χ3v) is 5.89. The second-order valence-electron chi connectivity index (χ2n) is 8.02. The van der Waals surface area contributed by atoms with Gasteiger partial charge in [0, 0.05) is 67.8 Å². The molecule has 1 aliphatic heterocycles. The number of rotatable bonds is 6. The molecule has 0 saturated carbocycles. The molecule has 2 aromatic heterocycles. The summed E-state index contributed by atoms with van der Waals surface area (Å²) < 4.78 is 0. The fourth-order valence-corrected chi connectivity index (χ4v) is 4.18. The molecule has 1 saturated heterocycles. The monoisotopic (exact) mass is 408 g/mol. The maximum Gasteiger partial charge on any atom is 0.227 e. The summed E-state index contributed by atoms with van der Waals surface area (Å²) >= 11 is 0. The highest BCUT2D eigenvalue weighted by molar-refractivity contribution is 5.98. The van der Waals surface area contributed by atoms with E-state index in [1.54, 1.807) is 12.4 Å². The van der Waals surface area contributed by atoms with E-state index in [2.05, 4.69) is 51.7 Å². The number of amides is 1. The zero-order valence-electron chi connectivity index (χ0n) is 17.2.